The number of hydrogen-bond donors (Lipinski definition) is 0. The van der Waals surface area contributed by atoms with Crippen molar-refractivity contribution >= 4 is 196 Å². The van der Waals surface area contributed by atoms with E-state index in [4.69, 9.17) is 17.7 Å². The summed E-state index contributed by atoms with van der Waals surface area (Å²) >= 11 is 3.66. The van der Waals surface area contributed by atoms with Gasteiger partial charge in [0, 0.05) is 130 Å². The highest BCUT2D eigenvalue weighted by Crippen LogP contribution is 2.48. The molecule has 0 saturated carbocycles. The average Bonchev–Trinajstić information content (AvgIpc) is 4.40. The Morgan fingerprint density at radius 3 is 1.00 bits per heavy atom. The Morgan fingerprint density at radius 2 is 0.526 bits per heavy atom. The van der Waals surface area contributed by atoms with Gasteiger partial charge in [0.15, 0.2) is 0 Å². The van der Waals surface area contributed by atoms with Gasteiger partial charge in [-0.2, -0.15) is 0 Å². The number of furan rings is 4. The highest BCUT2D eigenvalue weighted by molar-refractivity contribution is 7.26. The van der Waals surface area contributed by atoms with E-state index in [9.17, 15) is 0 Å². The lowest BCUT2D eigenvalue weighted by atomic mass is 9.99. The second-order valence-electron chi connectivity index (χ2n) is 20.3. The van der Waals surface area contributed by atoms with Gasteiger partial charge in [-0.05, 0) is 156 Å². The Kier molecular flexibility index (Phi) is 8.61. The molecule has 18 rings (SSSR count). The van der Waals surface area contributed by atoms with Crippen LogP contribution in [0.3, 0.4) is 0 Å². The second-order valence-corrected chi connectivity index (χ2v) is 22.5. The summed E-state index contributed by atoms with van der Waals surface area (Å²) in [6.45, 7) is 0. The van der Waals surface area contributed by atoms with Crippen LogP contribution in [0.2, 0.25) is 0 Å². The summed E-state index contributed by atoms with van der Waals surface area (Å²) in [5.74, 6) is 0. The quantitative estimate of drug-likeness (QED) is 0.165. The lowest BCUT2D eigenvalue weighted by Crippen LogP contribution is -2.09. The molecule has 0 unspecified atom stereocenters. The number of thiophene rings is 2. The van der Waals surface area contributed by atoms with Crippen LogP contribution in [0, 0.1) is 0 Å². The van der Waals surface area contributed by atoms with Gasteiger partial charge < -0.3 is 27.5 Å². The predicted octanol–water partition coefficient (Wildman–Crippen LogP) is 22.1. The first-order valence-electron chi connectivity index (χ1n) is 26.1. The summed E-state index contributed by atoms with van der Waals surface area (Å²) in [5.41, 5.74) is 12.9. The third-order valence-corrected chi connectivity index (χ3v) is 18.3. The lowest BCUT2D eigenvalue weighted by Gasteiger charge is -2.25. The Bertz CT molecular complexity index is 5000. The van der Waals surface area contributed by atoms with Gasteiger partial charge >= 0.3 is 0 Å². The van der Waals surface area contributed by atoms with E-state index in [-0.39, 0.29) is 0 Å². The molecule has 0 aliphatic rings. The molecule has 0 bridgehead atoms. The lowest BCUT2D eigenvalue weighted by molar-refractivity contribution is 0.668. The summed E-state index contributed by atoms with van der Waals surface area (Å²) in [4.78, 5) is 4.68. The Hall–Kier alpha value is -9.86. The topological polar surface area (TPSA) is 59.0 Å². The van der Waals surface area contributed by atoms with Crippen molar-refractivity contribution in [1.29, 1.82) is 0 Å². The molecule has 0 saturated heterocycles. The van der Waals surface area contributed by atoms with Gasteiger partial charge in [-0.1, -0.05) is 72.8 Å². The number of benzene rings is 12. The van der Waals surface area contributed by atoms with Crippen LogP contribution < -0.4 is 9.80 Å². The number of para-hydroxylation sites is 2. The molecular formula is C70H38N2O4S2. The normalized spacial score (nSPS) is 12.4. The molecule has 6 nitrogen and oxygen atoms in total. The highest BCUT2D eigenvalue weighted by Gasteiger charge is 2.23. The van der Waals surface area contributed by atoms with Crippen molar-refractivity contribution in [3.05, 3.63) is 231 Å². The zero-order chi connectivity index (χ0) is 50.7. The van der Waals surface area contributed by atoms with Crippen LogP contribution in [0.15, 0.2) is 248 Å². The van der Waals surface area contributed by atoms with E-state index in [1.807, 2.05) is 46.9 Å². The SMILES string of the molecule is c1ccc2c(c1)oc1ccc(N(c3ccc4c(c3)oc3ccc5c(ccc6oc7cc(N(c8ccc9oc%10ccccc%10c9c8)c8ccc9sc%10ccccc%10c9c8)ccc7c65)c34)c3ccc4sc5ccccc5c4c3)cc12. The summed E-state index contributed by atoms with van der Waals surface area (Å²) < 4.78 is 31.5. The van der Waals surface area contributed by atoms with Crippen LogP contribution in [-0.2, 0) is 0 Å². The molecule has 6 heterocycles. The van der Waals surface area contributed by atoms with Crippen molar-refractivity contribution < 1.29 is 17.7 Å². The summed E-state index contributed by atoms with van der Waals surface area (Å²) in [6.07, 6.45) is 0. The smallest absolute Gasteiger partial charge is 0.137 e. The average molecular weight is 1040 g/mol. The maximum absolute atomic E-state index is 6.88. The van der Waals surface area contributed by atoms with E-state index in [1.54, 1.807) is 0 Å². The first-order chi connectivity index (χ1) is 38.6. The Labute approximate surface area is 450 Å². The van der Waals surface area contributed by atoms with Crippen LogP contribution in [-0.4, -0.2) is 0 Å². The monoisotopic (exact) mass is 1030 g/mol. The zero-order valence-corrected chi connectivity index (χ0v) is 42.9. The Morgan fingerprint density at radius 1 is 0.205 bits per heavy atom. The fraction of sp³-hybridized carbons (Fsp3) is 0. The number of fused-ring (bicyclic) bond motifs is 21. The second kappa shape index (κ2) is 15.8. The zero-order valence-electron chi connectivity index (χ0n) is 41.3. The molecule has 12 aromatic carbocycles. The molecule has 364 valence electrons. The Balaban J connectivity index is 0.787. The third kappa shape index (κ3) is 6.12. The van der Waals surface area contributed by atoms with Gasteiger partial charge in [0.1, 0.15) is 44.7 Å². The molecule has 6 aromatic heterocycles. The number of anilines is 6. The standard InChI is InChI=1S/C70H38N2O4S2/c1-5-13-57-45(9-1)53-33-39(19-27-59(53)73-57)71(41-21-31-67-55(35-41)47-11-3-7-15-65(47)77-67)43-17-23-51-63(37-43)75-61-29-25-50-49(69(51)61)26-30-62-70(50)52-24-18-44(38-64(52)76-62)72(40-20-28-60-54(34-40)46-10-2-6-14-58(46)74-60)42-22-32-68-56(36-42)48-12-4-8-16-66(48)78-68/h1-38H. The summed E-state index contributed by atoms with van der Waals surface area (Å²) in [5, 5.41) is 15.8. The fourth-order valence-electron chi connectivity index (χ4n) is 12.5. The number of rotatable bonds is 6. The van der Waals surface area contributed by atoms with E-state index in [2.05, 4.69) is 216 Å². The molecule has 0 aliphatic carbocycles. The molecule has 0 atom stereocenters. The fourth-order valence-corrected chi connectivity index (χ4v) is 14.7. The molecule has 0 fully saturated rings. The van der Waals surface area contributed by atoms with Gasteiger partial charge in [-0.3, -0.25) is 0 Å². The minimum absolute atomic E-state index is 0.814. The first-order valence-corrected chi connectivity index (χ1v) is 27.7. The van der Waals surface area contributed by atoms with Crippen molar-refractivity contribution in [2.24, 2.45) is 0 Å². The molecule has 0 spiro atoms. The van der Waals surface area contributed by atoms with Crippen LogP contribution in [0.1, 0.15) is 0 Å². The molecule has 78 heavy (non-hydrogen) atoms. The molecule has 0 aliphatic heterocycles. The molecular weight excluding hydrogens is 997 g/mol. The molecule has 8 heteroatoms. The van der Waals surface area contributed by atoms with Crippen LogP contribution in [0.4, 0.5) is 34.1 Å². The molecule has 0 amide bonds. The van der Waals surface area contributed by atoms with Crippen molar-refractivity contribution in [3.8, 4) is 0 Å². The minimum Gasteiger partial charge on any atom is -0.456 e. The van der Waals surface area contributed by atoms with E-state index in [0.29, 0.717) is 0 Å². The van der Waals surface area contributed by atoms with E-state index in [0.717, 1.165) is 133 Å². The summed E-state index contributed by atoms with van der Waals surface area (Å²) in [7, 11) is 0. The maximum Gasteiger partial charge on any atom is 0.137 e. The van der Waals surface area contributed by atoms with Gasteiger partial charge in [-0.25, -0.2) is 0 Å². The first kappa shape index (κ1) is 42.4. The van der Waals surface area contributed by atoms with Crippen LogP contribution in [0.5, 0.6) is 0 Å². The number of nitrogens with zero attached hydrogens (tertiary/aromatic N) is 2. The van der Waals surface area contributed by atoms with Crippen molar-refractivity contribution in [1.82, 2.24) is 0 Å². The number of hydrogen-bond acceptors (Lipinski definition) is 8. The van der Waals surface area contributed by atoms with Gasteiger partial charge in [-0.15, -0.1) is 22.7 Å². The van der Waals surface area contributed by atoms with E-state index >= 15 is 0 Å². The summed E-state index contributed by atoms with van der Waals surface area (Å²) in [6, 6.07) is 82.5. The van der Waals surface area contributed by atoms with Crippen LogP contribution >= 0.6 is 22.7 Å². The van der Waals surface area contributed by atoms with E-state index in [1.165, 1.54) is 40.3 Å². The third-order valence-electron chi connectivity index (χ3n) is 16.0. The van der Waals surface area contributed by atoms with Gasteiger partial charge in [0.05, 0.1) is 0 Å². The molecule has 18 aromatic rings. The minimum atomic E-state index is 0.814. The van der Waals surface area contributed by atoms with E-state index < -0.39 is 0 Å². The predicted molar refractivity (Wildman–Crippen MR) is 328 cm³/mol. The van der Waals surface area contributed by atoms with Gasteiger partial charge in [0.25, 0.3) is 0 Å². The molecule has 0 N–H and O–H groups in total. The van der Waals surface area contributed by atoms with Crippen molar-refractivity contribution in [2.45, 2.75) is 0 Å². The largest absolute Gasteiger partial charge is 0.456 e. The molecule has 0 radical (unpaired) electrons. The van der Waals surface area contributed by atoms with Crippen molar-refractivity contribution in [2.75, 3.05) is 9.80 Å². The van der Waals surface area contributed by atoms with Crippen molar-refractivity contribution in [3.63, 3.8) is 0 Å². The maximum atomic E-state index is 6.88. The highest BCUT2D eigenvalue weighted by atomic mass is 32.1. The van der Waals surface area contributed by atoms with Gasteiger partial charge in [0.2, 0.25) is 0 Å². The van der Waals surface area contributed by atoms with Crippen LogP contribution in [0.25, 0.3) is 139 Å².